The van der Waals surface area contributed by atoms with Gasteiger partial charge in [-0.05, 0) is 43.5 Å². The fraction of sp³-hybridized carbons (Fsp3) is 0.400. The van der Waals surface area contributed by atoms with Crippen molar-refractivity contribution in [2.45, 2.75) is 44.3 Å². The maximum atomic E-state index is 11.8. The van der Waals surface area contributed by atoms with Crippen LogP contribution in [-0.4, -0.2) is 79.2 Å². The minimum Gasteiger partial charge on any atom is -0.495 e. The molecule has 0 spiro atoms. The molecule has 1 aliphatic rings. The van der Waals surface area contributed by atoms with Crippen molar-refractivity contribution >= 4 is 23.5 Å². The molecule has 9 nitrogen and oxygen atoms in total. The predicted octanol–water partition coefficient (Wildman–Crippen LogP) is 3.26. The average Bonchev–Trinajstić information content (AvgIpc) is 2.79. The van der Waals surface area contributed by atoms with Gasteiger partial charge >= 0.3 is 29.0 Å². The molecule has 0 radical (unpaired) electrons. The molecular formula is C25H32FeN4O5+2. The van der Waals surface area contributed by atoms with Crippen LogP contribution in [0.4, 0.5) is 5.69 Å². The van der Waals surface area contributed by atoms with Gasteiger partial charge in [-0.25, -0.2) is 9.79 Å². The van der Waals surface area contributed by atoms with Crippen LogP contribution < -0.4 is 0 Å². The number of carboxylic acids is 2. The van der Waals surface area contributed by atoms with Crippen LogP contribution in [-0.2, 0) is 33.2 Å². The zero-order valence-electron chi connectivity index (χ0n) is 19.5. The Labute approximate surface area is 216 Å². The van der Waals surface area contributed by atoms with Crippen LogP contribution in [0.5, 0.6) is 0 Å². The Balaban J connectivity index is 0.00000432. The van der Waals surface area contributed by atoms with Crippen LogP contribution in [0.15, 0.2) is 59.7 Å². The number of carbonyl (C=O) groups is 2. The maximum Gasteiger partial charge on any atom is 2.00 e. The number of aliphatic carboxylic acids is 2. The van der Waals surface area contributed by atoms with E-state index in [1.54, 1.807) is 41.4 Å². The fourth-order valence-electron chi connectivity index (χ4n) is 4.86. The van der Waals surface area contributed by atoms with E-state index < -0.39 is 11.9 Å². The van der Waals surface area contributed by atoms with Gasteiger partial charge in [-0.2, -0.15) is 0 Å². The Hall–Kier alpha value is -2.78. The van der Waals surface area contributed by atoms with Gasteiger partial charge in [-0.1, -0.05) is 30.7 Å². The third-order valence-corrected chi connectivity index (χ3v) is 6.22. The van der Waals surface area contributed by atoms with Crippen molar-refractivity contribution in [3.8, 4) is 0 Å². The Kier molecular flexibility index (Phi) is 10.9. The number of hydrogen-bond acceptors (Lipinski definition) is 5. The van der Waals surface area contributed by atoms with E-state index in [9.17, 15) is 24.9 Å². The fourth-order valence-corrected chi connectivity index (χ4v) is 4.86. The summed E-state index contributed by atoms with van der Waals surface area (Å²) in [7, 11) is 4.34. The number of carboxylic acid groups (broad SMARTS) is 2. The molecule has 3 atom stereocenters. The first kappa shape index (κ1) is 28.5. The molecular weight excluding hydrogens is 492 g/mol. The van der Waals surface area contributed by atoms with Crippen molar-refractivity contribution in [1.82, 2.24) is 9.88 Å². The summed E-state index contributed by atoms with van der Waals surface area (Å²) < 4.78 is -0.0519. The smallest absolute Gasteiger partial charge is 0.495 e. The van der Waals surface area contributed by atoms with Crippen molar-refractivity contribution in [3.63, 3.8) is 0 Å². The Morgan fingerprint density at radius 1 is 1.00 bits per heavy atom. The van der Waals surface area contributed by atoms with Crippen molar-refractivity contribution in [1.29, 1.82) is 0 Å². The van der Waals surface area contributed by atoms with Crippen LogP contribution >= 0.6 is 0 Å². The third kappa shape index (κ3) is 8.43. The van der Waals surface area contributed by atoms with Gasteiger partial charge in [0.25, 0.3) is 0 Å². The zero-order chi connectivity index (χ0) is 24.6. The molecule has 3 N–H and O–H groups in total. The van der Waals surface area contributed by atoms with Gasteiger partial charge in [0.2, 0.25) is 5.90 Å². The van der Waals surface area contributed by atoms with Gasteiger partial charge < -0.3 is 19.8 Å². The first-order valence-electron chi connectivity index (χ1n) is 11.4. The third-order valence-electron chi connectivity index (χ3n) is 6.22. The van der Waals surface area contributed by atoms with E-state index >= 15 is 0 Å². The summed E-state index contributed by atoms with van der Waals surface area (Å²) in [5.41, 5.74) is 1.29. The number of aromatic nitrogens is 1. The van der Waals surface area contributed by atoms with Crippen LogP contribution in [0.2, 0.25) is 0 Å². The number of rotatable bonds is 11. The topological polar surface area (TPSA) is 123 Å². The van der Waals surface area contributed by atoms with Crippen molar-refractivity contribution < 1.29 is 46.5 Å². The maximum absolute atomic E-state index is 11.8. The molecule has 1 heterocycles. The van der Waals surface area contributed by atoms with Crippen LogP contribution in [0.3, 0.4) is 0 Å². The van der Waals surface area contributed by atoms with Gasteiger partial charge in [0.15, 0.2) is 6.54 Å². The van der Waals surface area contributed by atoms with Gasteiger partial charge in [0, 0.05) is 6.20 Å². The molecule has 2 aromatic rings. The average molecular weight is 524 g/mol. The van der Waals surface area contributed by atoms with Crippen molar-refractivity contribution in [2.75, 3.05) is 19.6 Å². The number of pyridine rings is 1. The molecule has 10 heteroatoms. The Bertz CT molecular complexity index is 992. The number of aliphatic hydroxyl groups is 1. The second kappa shape index (κ2) is 13.3. The second-order valence-electron chi connectivity index (χ2n) is 8.83. The number of nitrogens with zero attached hydrogens (tertiary/aromatic N) is 4. The van der Waals surface area contributed by atoms with Crippen molar-refractivity contribution in [2.24, 2.45) is 4.99 Å². The molecule has 0 saturated heterocycles. The largest absolute Gasteiger partial charge is 2.00 e. The summed E-state index contributed by atoms with van der Waals surface area (Å²) in [6.07, 6.45) is 4.80. The molecule has 0 aliphatic heterocycles. The normalized spacial score (nSPS) is 20.0. The van der Waals surface area contributed by atoms with Gasteiger partial charge in [0.1, 0.15) is 0 Å². The molecule has 0 bridgehead atoms. The first-order chi connectivity index (χ1) is 16.3. The number of hydrogen-bond donors (Lipinski definition) is 3. The van der Waals surface area contributed by atoms with Gasteiger partial charge in [-0.15, -0.1) is 7.05 Å². The SMILES string of the molecule is [CH2-][N+](CC(=O)O)(Cc1ccccn1)[C@H]1CCCCC1N(CC(=O)O)CC(O)=Nc1ccccc1.[Fe+2]. The van der Waals surface area contributed by atoms with Gasteiger partial charge in [0.05, 0.1) is 43.1 Å². The summed E-state index contributed by atoms with van der Waals surface area (Å²) >= 11 is 0. The minimum absolute atomic E-state index is 0. The van der Waals surface area contributed by atoms with E-state index in [2.05, 4.69) is 17.0 Å². The second-order valence-corrected chi connectivity index (χ2v) is 8.83. The van der Waals surface area contributed by atoms with Crippen molar-refractivity contribution in [3.05, 3.63) is 67.5 Å². The summed E-state index contributed by atoms with van der Waals surface area (Å²) in [5, 5.41) is 29.9. The minimum atomic E-state index is -1.03. The first-order valence-corrected chi connectivity index (χ1v) is 11.4. The molecule has 0 amide bonds. The summed E-state index contributed by atoms with van der Waals surface area (Å²) in [5.74, 6) is -2.20. The standard InChI is InChI=1S/C25H32N4O5.Fe/c1-29(18-25(33)34,17-20-11-7-8-14-26-20)22-13-6-5-12-21(22)28(16-24(31)32)15-23(30)27-19-9-3-2-4-10-19;/h2-4,7-11,14,21-22H,1,5-6,12-13,15-18H2,(H,27,30)(H,31,32)(H,33,34);/q;+2/t21?,22-,29?;/m0./s1. The molecule has 1 saturated carbocycles. The molecule has 1 aliphatic carbocycles. The molecule has 1 fully saturated rings. The van der Waals surface area contributed by atoms with E-state index in [0.29, 0.717) is 25.1 Å². The van der Waals surface area contributed by atoms with E-state index in [4.69, 9.17) is 0 Å². The predicted molar refractivity (Wildman–Crippen MR) is 127 cm³/mol. The zero-order valence-corrected chi connectivity index (χ0v) is 20.6. The summed E-state index contributed by atoms with van der Waals surface area (Å²) in [4.78, 5) is 33.8. The Morgan fingerprint density at radius 3 is 2.31 bits per heavy atom. The van der Waals surface area contributed by atoms with E-state index in [-0.39, 0.29) is 59.2 Å². The number of quaternary nitrogens is 1. The number of aliphatic imine (C=N–C) groups is 1. The number of aliphatic hydroxyl groups excluding tert-OH is 1. The van der Waals surface area contributed by atoms with E-state index in [1.807, 2.05) is 18.2 Å². The molecule has 188 valence electrons. The van der Waals surface area contributed by atoms with Crippen LogP contribution in [0, 0.1) is 7.05 Å². The van der Waals surface area contributed by atoms with Crippen LogP contribution in [0.1, 0.15) is 31.4 Å². The summed E-state index contributed by atoms with van der Waals surface area (Å²) in [6.45, 7) is -0.271. The number of benzene rings is 1. The van der Waals surface area contributed by atoms with E-state index in [1.165, 1.54) is 0 Å². The molecule has 3 rings (SSSR count). The monoisotopic (exact) mass is 524 g/mol. The molecule has 1 aromatic carbocycles. The Morgan fingerprint density at radius 2 is 1.69 bits per heavy atom. The number of para-hydroxylation sites is 1. The van der Waals surface area contributed by atoms with E-state index in [0.717, 1.165) is 18.5 Å². The molecule has 1 aromatic heterocycles. The molecule has 2 unspecified atom stereocenters. The van der Waals surface area contributed by atoms with Gasteiger partial charge in [-0.3, -0.25) is 14.7 Å². The summed E-state index contributed by atoms with van der Waals surface area (Å²) in [6, 6.07) is 13.9. The molecule has 35 heavy (non-hydrogen) atoms. The van der Waals surface area contributed by atoms with Crippen LogP contribution in [0.25, 0.3) is 0 Å². The quantitative estimate of drug-likeness (QED) is 0.136.